The Balaban J connectivity index is 2.68. The number of ketones is 1. The Morgan fingerprint density at radius 2 is 2.13 bits per heavy atom. The number of ether oxygens (including phenoxy) is 1. The van der Waals surface area contributed by atoms with Crippen LogP contribution in [0.2, 0.25) is 0 Å². The van der Waals surface area contributed by atoms with Crippen molar-refractivity contribution in [2.24, 2.45) is 11.3 Å². The van der Waals surface area contributed by atoms with E-state index in [1.54, 1.807) is 6.26 Å². The third kappa shape index (κ3) is 3.37. The van der Waals surface area contributed by atoms with Crippen LogP contribution in [0.15, 0.2) is 11.8 Å². The molecule has 0 bridgehead atoms. The molecule has 1 rings (SSSR count). The van der Waals surface area contributed by atoms with Crippen LogP contribution in [0.4, 0.5) is 0 Å². The number of allylic oxidation sites excluding steroid dienone is 1. The highest BCUT2D eigenvalue weighted by Crippen LogP contribution is 2.38. The minimum Gasteiger partial charge on any atom is -0.501 e. The van der Waals surface area contributed by atoms with E-state index in [1.807, 2.05) is 6.92 Å². The Kier molecular flexibility index (Phi) is 3.95. The van der Waals surface area contributed by atoms with Gasteiger partial charge in [-0.2, -0.15) is 0 Å². The smallest absolute Gasteiger partial charge is 0.161 e. The Morgan fingerprint density at radius 1 is 1.47 bits per heavy atom. The summed E-state index contributed by atoms with van der Waals surface area (Å²) in [5, 5.41) is 0. The Hall–Kier alpha value is -0.790. The molecule has 2 nitrogen and oxygen atoms in total. The van der Waals surface area contributed by atoms with Gasteiger partial charge in [-0.25, -0.2) is 0 Å². The molecule has 15 heavy (non-hydrogen) atoms. The first-order valence-electron chi connectivity index (χ1n) is 5.79. The molecule has 0 aromatic heterocycles. The summed E-state index contributed by atoms with van der Waals surface area (Å²) in [5.74, 6) is 0.867. The summed E-state index contributed by atoms with van der Waals surface area (Å²) in [7, 11) is 0. The molecule has 0 heterocycles. The van der Waals surface area contributed by atoms with Crippen molar-refractivity contribution in [1.82, 2.24) is 0 Å². The van der Waals surface area contributed by atoms with Crippen LogP contribution in [-0.4, -0.2) is 12.4 Å². The molecule has 0 aromatic rings. The number of rotatable bonds is 2. The molecule has 2 heteroatoms. The Morgan fingerprint density at radius 3 is 2.67 bits per heavy atom. The largest absolute Gasteiger partial charge is 0.501 e. The molecule has 0 spiro atoms. The second-order valence-corrected chi connectivity index (χ2v) is 5.33. The first kappa shape index (κ1) is 12.3. The van der Waals surface area contributed by atoms with Crippen LogP contribution in [0.25, 0.3) is 0 Å². The summed E-state index contributed by atoms with van der Waals surface area (Å²) in [6.07, 6.45) is 4.25. The molecule has 1 saturated carbocycles. The predicted octanol–water partition coefficient (Wildman–Crippen LogP) is 3.32. The Labute approximate surface area is 92.7 Å². The molecule has 0 saturated heterocycles. The number of hydrogen-bond acceptors (Lipinski definition) is 2. The lowest BCUT2D eigenvalue weighted by atomic mass is 9.71. The van der Waals surface area contributed by atoms with Crippen LogP contribution in [-0.2, 0) is 9.53 Å². The monoisotopic (exact) mass is 210 g/mol. The lowest BCUT2D eigenvalue weighted by Crippen LogP contribution is -2.27. The number of carbonyl (C=O) groups excluding carboxylic acids is 1. The van der Waals surface area contributed by atoms with Gasteiger partial charge in [0.1, 0.15) is 0 Å². The van der Waals surface area contributed by atoms with Crippen molar-refractivity contribution in [3.63, 3.8) is 0 Å². The van der Waals surface area contributed by atoms with E-state index in [2.05, 4.69) is 20.8 Å². The fourth-order valence-electron chi connectivity index (χ4n) is 1.98. The highest BCUT2D eigenvalue weighted by atomic mass is 16.5. The lowest BCUT2D eigenvalue weighted by molar-refractivity contribution is -0.117. The van der Waals surface area contributed by atoms with Crippen LogP contribution in [0.3, 0.4) is 0 Å². The lowest BCUT2D eigenvalue weighted by Gasteiger charge is -2.34. The van der Waals surface area contributed by atoms with Gasteiger partial charge in [-0.15, -0.1) is 0 Å². The van der Waals surface area contributed by atoms with Crippen molar-refractivity contribution < 1.29 is 9.53 Å². The number of Topliss-reactive ketones (excluding diaryl/α,β-unsaturated/α-hetero) is 1. The Bertz CT molecular complexity index is 258. The van der Waals surface area contributed by atoms with Crippen LogP contribution in [0.1, 0.15) is 47.0 Å². The maximum Gasteiger partial charge on any atom is 0.161 e. The number of hydrogen-bond donors (Lipinski definition) is 0. The molecule has 0 N–H and O–H groups in total. The molecule has 1 unspecified atom stereocenters. The van der Waals surface area contributed by atoms with Gasteiger partial charge in [-0.1, -0.05) is 20.8 Å². The van der Waals surface area contributed by atoms with Gasteiger partial charge in [0.2, 0.25) is 0 Å². The summed E-state index contributed by atoms with van der Waals surface area (Å²) in [4.78, 5) is 11.6. The summed E-state index contributed by atoms with van der Waals surface area (Å²) < 4.78 is 5.22. The molecule has 0 radical (unpaired) electrons. The second-order valence-electron chi connectivity index (χ2n) is 5.33. The maximum absolute atomic E-state index is 11.6. The molecular weight excluding hydrogens is 188 g/mol. The first-order chi connectivity index (χ1) is 6.95. The van der Waals surface area contributed by atoms with Crippen LogP contribution >= 0.6 is 0 Å². The minimum absolute atomic E-state index is 0.268. The van der Waals surface area contributed by atoms with Gasteiger partial charge < -0.3 is 4.74 Å². The third-order valence-electron chi connectivity index (χ3n) is 3.16. The van der Waals surface area contributed by atoms with Crippen molar-refractivity contribution in [3.05, 3.63) is 11.8 Å². The maximum atomic E-state index is 11.6. The minimum atomic E-state index is 0.268. The third-order valence-corrected chi connectivity index (χ3v) is 3.16. The summed E-state index contributed by atoms with van der Waals surface area (Å²) >= 11 is 0. The average Bonchev–Trinajstić information content (AvgIpc) is 2.15. The SMILES string of the molecule is CCO/C=C1/CC(C(C)(C)C)CCC1=O. The van der Waals surface area contributed by atoms with E-state index < -0.39 is 0 Å². The highest BCUT2D eigenvalue weighted by molar-refractivity contribution is 5.95. The van der Waals surface area contributed by atoms with Gasteiger partial charge in [0.15, 0.2) is 5.78 Å². The predicted molar refractivity (Wildman–Crippen MR) is 61.5 cm³/mol. The molecule has 1 fully saturated rings. The van der Waals surface area contributed by atoms with Crippen molar-refractivity contribution in [3.8, 4) is 0 Å². The van der Waals surface area contributed by atoms with Gasteiger partial charge in [0.05, 0.1) is 12.9 Å². The van der Waals surface area contributed by atoms with Crippen LogP contribution in [0, 0.1) is 11.3 Å². The quantitative estimate of drug-likeness (QED) is 0.516. The number of carbonyl (C=O) groups is 1. The summed E-state index contributed by atoms with van der Waals surface area (Å²) in [6, 6.07) is 0. The van der Waals surface area contributed by atoms with Crippen molar-refractivity contribution in [1.29, 1.82) is 0 Å². The summed E-state index contributed by atoms with van der Waals surface area (Å²) in [6.45, 7) is 9.30. The molecule has 0 aromatic carbocycles. The van der Waals surface area contributed by atoms with E-state index in [0.717, 1.165) is 18.4 Å². The normalized spacial score (nSPS) is 25.7. The van der Waals surface area contributed by atoms with Gasteiger partial charge in [-0.05, 0) is 31.1 Å². The average molecular weight is 210 g/mol. The topological polar surface area (TPSA) is 26.3 Å². The molecule has 0 aliphatic heterocycles. The molecule has 1 aliphatic carbocycles. The molecule has 86 valence electrons. The van der Waals surface area contributed by atoms with E-state index in [-0.39, 0.29) is 11.2 Å². The van der Waals surface area contributed by atoms with Crippen LogP contribution < -0.4 is 0 Å². The summed E-state index contributed by atoms with van der Waals surface area (Å²) in [5.41, 5.74) is 1.16. The van der Waals surface area contributed by atoms with E-state index in [0.29, 0.717) is 18.9 Å². The second kappa shape index (κ2) is 4.82. The zero-order chi connectivity index (χ0) is 11.5. The molecule has 0 amide bonds. The zero-order valence-corrected chi connectivity index (χ0v) is 10.3. The highest BCUT2D eigenvalue weighted by Gasteiger charge is 2.31. The van der Waals surface area contributed by atoms with E-state index in [4.69, 9.17) is 4.74 Å². The molecule has 1 aliphatic rings. The van der Waals surface area contributed by atoms with Crippen molar-refractivity contribution in [2.45, 2.75) is 47.0 Å². The zero-order valence-electron chi connectivity index (χ0n) is 10.3. The van der Waals surface area contributed by atoms with E-state index in [9.17, 15) is 4.79 Å². The molecule has 1 atom stereocenters. The van der Waals surface area contributed by atoms with Crippen LogP contribution in [0.5, 0.6) is 0 Å². The van der Waals surface area contributed by atoms with Gasteiger partial charge >= 0.3 is 0 Å². The van der Waals surface area contributed by atoms with Gasteiger partial charge in [0.25, 0.3) is 0 Å². The van der Waals surface area contributed by atoms with E-state index in [1.165, 1.54) is 0 Å². The van der Waals surface area contributed by atoms with Crippen molar-refractivity contribution in [2.75, 3.05) is 6.61 Å². The fourth-order valence-corrected chi connectivity index (χ4v) is 1.98. The molecular formula is C13H22O2. The fraction of sp³-hybridized carbons (Fsp3) is 0.769. The van der Waals surface area contributed by atoms with Gasteiger partial charge in [0, 0.05) is 12.0 Å². The van der Waals surface area contributed by atoms with Gasteiger partial charge in [-0.3, -0.25) is 4.79 Å². The van der Waals surface area contributed by atoms with Crippen molar-refractivity contribution >= 4 is 5.78 Å². The first-order valence-corrected chi connectivity index (χ1v) is 5.79. The van der Waals surface area contributed by atoms with E-state index >= 15 is 0 Å². The standard InChI is InChI=1S/C13H22O2/c1-5-15-9-10-8-11(13(2,3)4)6-7-12(10)14/h9,11H,5-8H2,1-4H3/b10-9-.